The van der Waals surface area contributed by atoms with Gasteiger partial charge in [0.2, 0.25) is 17.7 Å². The quantitative estimate of drug-likeness (QED) is 0.0106. The van der Waals surface area contributed by atoms with Gasteiger partial charge in [-0.25, -0.2) is 28.8 Å². The first-order valence-corrected chi connectivity index (χ1v) is 46.2. The van der Waals surface area contributed by atoms with E-state index in [4.69, 9.17) is 36.3 Å². The number of benzene rings is 6. The smallest absolute Gasteiger partial charge is 0.419 e. The second-order valence-electron chi connectivity index (χ2n) is 31.8. The van der Waals surface area contributed by atoms with Gasteiger partial charge in [-0.2, -0.15) is 0 Å². The molecule has 3 fully saturated rings. The number of hydrogen-bond donors (Lipinski definition) is 1. The summed E-state index contributed by atoms with van der Waals surface area (Å²) < 4.78 is 49.7. The third-order valence-electron chi connectivity index (χ3n) is 22.4. The number of β-lactam (4-membered cyclic amide) rings is 3. The predicted molar refractivity (Wildman–Crippen MR) is 446 cm³/mol. The summed E-state index contributed by atoms with van der Waals surface area (Å²) in [5.74, 6) is -5.97. The SMILES string of the molecule is C=CCOC(=O)C(N1C(=O)[C@H]([C@@H](C)O[Si](C)(C)C(C)(C)C)[C@H]1CC(=O)c1ccc2c(c1)oc(=O)n2C)=P(c1ccccc1)(c1ccccc1)c1ccccc1.C=CCOC(=O)C1=C(c2ccc3c(c2)oc(=O)n3C)C[C@@H]2[C@@H]([C@@H](C)O)C(=O)N12.C=CCOC(=O)C1=C(c2ccc3c(c2)oc(=O)n3C)C[C@@H]2[C@@H]([C@@H](C)O[Si](C)(C)C)C(=O)N12. The number of esters is 3. The van der Waals surface area contributed by atoms with E-state index in [0.29, 0.717) is 62.8 Å². The van der Waals surface area contributed by atoms with Gasteiger partial charge < -0.3 is 56.1 Å². The van der Waals surface area contributed by atoms with Crippen LogP contribution in [0.2, 0.25) is 37.8 Å². The van der Waals surface area contributed by atoms with Crippen LogP contribution >= 0.6 is 6.89 Å². The normalized spacial score (nSPS) is 19.4. The topological polar surface area (TPSA) is 301 Å². The molecule has 8 heterocycles. The molecule has 0 radical (unpaired) electrons. The van der Waals surface area contributed by atoms with Crippen molar-refractivity contribution >= 4 is 131 Å². The number of rotatable bonds is 25. The summed E-state index contributed by atoms with van der Waals surface area (Å²) in [7, 11) is 0.611. The highest BCUT2D eigenvalue weighted by Gasteiger charge is 2.61. The van der Waals surface area contributed by atoms with Crippen molar-refractivity contribution in [3.8, 4) is 0 Å². The van der Waals surface area contributed by atoms with Gasteiger partial charge in [-0.1, -0.05) is 162 Å². The lowest BCUT2D eigenvalue weighted by molar-refractivity contribution is -0.162. The number of hydrogen-bond acceptors (Lipinski definition) is 19. The van der Waals surface area contributed by atoms with E-state index in [9.17, 15) is 48.3 Å². The van der Waals surface area contributed by atoms with Gasteiger partial charge in [-0.15, -0.1) is 0 Å². The average molecular weight is 1620 g/mol. The Morgan fingerprint density at radius 3 is 1.33 bits per heavy atom. The molecule has 9 atom stereocenters. The van der Waals surface area contributed by atoms with Crippen molar-refractivity contribution in [2.45, 2.75) is 135 Å². The third-order valence-corrected chi connectivity index (χ3v) is 32.3. The Hall–Kier alpha value is -11.1. The molecule has 0 unspecified atom stereocenters. The van der Waals surface area contributed by atoms with Crippen molar-refractivity contribution in [2.75, 3.05) is 19.8 Å². The summed E-state index contributed by atoms with van der Waals surface area (Å²) in [6.07, 6.45) is 3.59. The molecule has 3 saturated heterocycles. The molecule has 14 rings (SSSR count). The molecule has 602 valence electrons. The fraction of sp³-hybridized carbons (Fsp3) is 0.345. The molecule has 9 aromatic rings. The number of aryl methyl sites for hydroxylation is 3. The molecule has 115 heavy (non-hydrogen) atoms. The summed E-state index contributed by atoms with van der Waals surface area (Å²) in [5, 5.41) is 12.3. The van der Waals surface area contributed by atoms with Crippen LogP contribution in [0.4, 0.5) is 0 Å². The molecule has 0 aliphatic carbocycles. The van der Waals surface area contributed by atoms with E-state index >= 15 is 4.79 Å². The summed E-state index contributed by atoms with van der Waals surface area (Å²) >= 11 is 0. The highest BCUT2D eigenvalue weighted by Crippen LogP contribution is 2.53. The highest BCUT2D eigenvalue weighted by molar-refractivity contribution is 7.96. The number of carbonyl (C=O) groups is 7. The van der Waals surface area contributed by atoms with Crippen molar-refractivity contribution in [3.05, 3.63) is 243 Å². The maximum Gasteiger partial charge on any atom is 0.419 e. The second kappa shape index (κ2) is 33.0. The Bertz CT molecular complexity index is 5590. The standard InChI is InChI=1S/C44H49N2O7PSi.C23H28N2O6Si.C20H20N2O6/c1-9-27-51-42(49)41(54(32-19-13-10-14-20-32,33-21-15-11-16-22-33)34-23-17-12-18-24-34)46-36(39(40(46)48)30(2)53-55(7,8)44(3,4)5)29-37(47)31-25-26-35-38(28-31)52-43(50)45(35)6;1-7-10-29-22(27)20-15(14-8-9-16-18(11-14)30-23(28)24(16)3)12-17-19(21(26)25(17)20)13(2)31-32(4,5)6;1-4-7-27-19(25)17-12(9-14-16(10(2)23)18(24)22(14)17)11-5-6-13-15(8-11)28-20(26)21(13)3/h9-26,28,30,36,39H,1,27,29H2,2-8H3;7-9,11,13,17,19H,1,10,12H2,2-6H3;4-6,8,10,14,16,23H,1,7,9H2,2-3H3/t30-,36-,39-;13-,17-,19-;10-,14-,16-/m111/s1. The molecular formula is C87H97N6O19PSi2. The van der Waals surface area contributed by atoms with Crippen LogP contribution < -0.4 is 33.2 Å². The number of nitrogens with zero attached hydrogens (tertiary/aromatic N) is 6. The third kappa shape index (κ3) is 15.6. The fourth-order valence-electron chi connectivity index (χ4n) is 16.0. The molecule has 28 heteroatoms. The van der Waals surface area contributed by atoms with Crippen molar-refractivity contribution in [2.24, 2.45) is 38.9 Å². The maximum atomic E-state index is 15.1. The Morgan fingerprint density at radius 1 is 0.530 bits per heavy atom. The van der Waals surface area contributed by atoms with Gasteiger partial charge in [-0.05, 0) is 152 Å². The summed E-state index contributed by atoms with van der Waals surface area (Å²) in [6, 6.07) is 43.5. The molecule has 0 spiro atoms. The molecule has 0 saturated carbocycles. The zero-order chi connectivity index (χ0) is 83.2. The fourth-order valence-corrected chi connectivity index (χ4v) is 23.0. The van der Waals surface area contributed by atoms with Crippen LogP contribution in [-0.4, -0.2) is 153 Å². The van der Waals surface area contributed by atoms with E-state index in [1.54, 1.807) is 86.4 Å². The Morgan fingerprint density at radius 2 is 0.922 bits per heavy atom. The molecular weight excluding hydrogens is 1520 g/mol. The molecule has 3 amide bonds. The minimum absolute atomic E-state index is 0.0226. The first-order valence-electron chi connectivity index (χ1n) is 38.1. The van der Waals surface area contributed by atoms with E-state index in [1.807, 2.05) is 111 Å². The number of carbonyl (C=O) groups excluding carboxylic acids is 7. The maximum absolute atomic E-state index is 15.1. The molecule has 1 N–H and O–H groups in total. The van der Waals surface area contributed by atoms with Crippen LogP contribution in [0.3, 0.4) is 0 Å². The van der Waals surface area contributed by atoms with E-state index in [1.165, 1.54) is 36.8 Å². The molecule has 6 aromatic carbocycles. The van der Waals surface area contributed by atoms with Crippen LogP contribution in [0, 0.1) is 17.8 Å². The van der Waals surface area contributed by atoms with Gasteiger partial charge in [0, 0.05) is 40.0 Å². The highest BCUT2D eigenvalue weighted by atomic mass is 31.2. The second-order valence-corrected chi connectivity index (χ2v) is 44.4. The molecule has 5 aliphatic rings. The summed E-state index contributed by atoms with van der Waals surface area (Å²) in [4.78, 5) is 136. The number of ether oxygens (including phenoxy) is 3. The zero-order valence-electron chi connectivity index (χ0n) is 67.1. The van der Waals surface area contributed by atoms with Gasteiger partial charge in [0.05, 0.1) is 70.7 Å². The van der Waals surface area contributed by atoms with Gasteiger partial charge in [-0.3, -0.25) is 32.9 Å². The van der Waals surface area contributed by atoms with Gasteiger partial charge >= 0.3 is 35.2 Å². The van der Waals surface area contributed by atoms with Crippen LogP contribution in [0.5, 0.6) is 0 Å². The van der Waals surface area contributed by atoms with Gasteiger partial charge in [0.15, 0.2) is 39.2 Å². The predicted octanol–water partition coefficient (Wildman–Crippen LogP) is 11.0. The summed E-state index contributed by atoms with van der Waals surface area (Å²) in [5.41, 5.74) is 6.58. The minimum atomic E-state index is -3.21. The van der Waals surface area contributed by atoms with Crippen LogP contribution in [0.15, 0.2) is 223 Å². The van der Waals surface area contributed by atoms with E-state index < -0.39 is 88.8 Å². The minimum Gasteiger partial charge on any atom is -0.457 e. The van der Waals surface area contributed by atoms with E-state index in [0.717, 1.165) is 21.5 Å². The van der Waals surface area contributed by atoms with E-state index in [-0.39, 0.29) is 101 Å². The average Bonchev–Trinajstić information content (AvgIpc) is 1.48. The van der Waals surface area contributed by atoms with Crippen molar-refractivity contribution < 1.29 is 75.0 Å². The van der Waals surface area contributed by atoms with Crippen molar-refractivity contribution in [1.29, 1.82) is 0 Å². The van der Waals surface area contributed by atoms with Gasteiger partial charge in [0.1, 0.15) is 36.6 Å². The Kier molecular flexibility index (Phi) is 23.9. The molecule has 0 bridgehead atoms. The number of amides is 3. The van der Waals surface area contributed by atoms with Crippen LogP contribution in [-0.2, 0) is 73.0 Å². The van der Waals surface area contributed by atoms with Crippen molar-refractivity contribution in [3.63, 3.8) is 0 Å². The largest absolute Gasteiger partial charge is 0.457 e. The monoisotopic (exact) mass is 1620 g/mol. The lowest BCUT2D eigenvalue weighted by Gasteiger charge is -2.53. The molecule has 3 aromatic heterocycles. The number of ketones is 1. The Labute approximate surface area is 667 Å². The number of fused-ring (bicyclic) bond motifs is 5. The van der Waals surface area contributed by atoms with Gasteiger partial charge in [0.25, 0.3) is 0 Å². The Balaban J connectivity index is 0.000000172. The molecule has 25 nitrogen and oxygen atoms in total. The first kappa shape index (κ1) is 83.4. The van der Waals surface area contributed by atoms with Crippen LogP contribution in [0.1, 0.15) is 82.3 Å². The molecule has 5 aliphatic heterocycles. The lowest BCUT2D eigenvalue weighted by atomic mass is 9.79. The lowest BCUT2D eigenvalue weighted by Crippen LogP contribution is -2.69. The number of oxazole rings is 3. The number of aromatic nitrogens is 3. The number of aliphatic hydroxyl groups excluding tert-OH is 1. The summed E-state index contributed by atoms with van der Waals surface area (Å²) in [6.45, 7) is 30.0. The van der Waals surface area contributed by atoms with Crippen LogP contribution in [0.25, 0.3) is 44.4 Å². The number of aliphatic hydroxyl groups is 1. The van der Waals surface area contributed by atoms with Crippen molar-refractivity contribution in [1.82, 2.24) is 28.4 Å². The zero-order valence-corrected chi connectivity index (χ0v) is 70.0. The van der Waals surface area contributed by atoms with E-state index in [2.05, 4.69) is 73.2 Å². The first-order chi connectivity index (χ1) is 54.5. The number of likely N-dealkylation sites (tertiary alicyclic amines) is 1. The number of Topliss-reactive ketones (excluding diaryl/α,β-unsaturated/α-hetero) is 1.